The Bertz CT molecular complexity index is 872. The van der Waals surface area contributed by atoms with Crippen LogP contribution in [-0.2, 0) is 13.1 Å². The molecule has 0 atom stereocenters. The number of aryl methyl sites for hydroxylation is 2. The lowest BCUT2D eigenvalue weighted by Gasteiger charge is -2.12. The molecule has 0 saturated heterocycles. The average molecular weight is 477 g/mol. The van der Waals surface area contributed by atoms with E-state index in [0.29, 0.717) is 6.54 Å². The fourth-order valence-electron chi connectivity index (χ4n) is 2.97. The summed E-state index contributed by atoms with van der Waals surface area (Å²) in [6, 6.07) is 14.7. The fourth-order valence-corrected chi connectivity index (χ4v) is 2.97. The Kier molecular flexibility index (Phi) is 8.57. The van der Waals surface area contributed by atoms with E-state index in [1.54, 1.807) is 0 Å². The van der Waals surface area contributed by atoms with Crippen molar-refractivity contribution in [3.8, 4) is 0 Å². The molecule has 144 valence electrons. The van der Waals surface area contributed by atoms with Crippen LogP contribution in [0.15, 0.2) is 59.9 Å². The van der Waals surface area contributed by atoms with Gasteiger partial charge < -0.3 is 15.2 Å². The Morgan fingerprint density at radius 2 is 1.96 bits per heavy atom. The molecular weight excluding hydrogens is 449 g/mol. The maximum absolute atomic E-state index is 4.65. The molecule has 0 aliphatic carbocycles. The number of pyridine rings is 1. The smallest absolute Gasteiger partial charge is 0.191 e. The van der Waals surface area contributed by atoms with Crippen molar-refractivity contribution in [1.82, 2.24) is 20.2 Å². The van der Waals surface area contributed by atoms with Crippen molar-refractivity contribution in [3.63, 3.8) is 0 Å². The van der Waals surface area contributed by atoms with E-state index in [-0.39, 0.29) is 24.0 Å². The van der Waals surface area contributed by atoms with Crippen LogP contribution in [0, 0.1) is 6.92 Å². The van der Waals surface area contributed by atoms with Crippen LogP contribution < -0.4 is 10.6 Å². The predicted molar refractivity (Wildman–Crippen MR) is 124 cm³/mol. The Morgan fingerprint density at radius 1 is 1.11 bits per heavy atom. The maximum atomic E-state index is 4.65. The van der Waals surface area contributed by atoms with E-state index in [1.165, 1.54) is 16.5 Å². The Morgan fingerprint density at radius 3 is 2.78 bits per heavy atom. The molecule has 2 N–H and O–H groups in total. The number of aromatic nitrogens is 2. The van der Waals surface area contributed by atoms with Gasteiger partial charge in [0.1, 0.15) is 0 Å². The molecule has 2 heterocycles. The molecule has 3 rings (SSSR count). The number of halogens is 1. The largest absolute Gasteiger partial charge is 0.357 e. The van der Waals surface area contributed by atoms with Gasteiger partial charge in [0.2, 0.25) is 0 Å². The number of para-hydroxylation sites is 1. The highest BCUT2D eigenvalue weighted by Crippen LogP contribution is 2.15. The van der Waals surface area contributed by atoms with Gasteiger partial charge in [0.25, 0.3) is 0 Å². The number of nitrogens with one attached hydrogen (secondary N) is 2. The minimum Gasteiger partial charge on any atom is -0.357 e. The van der Waals surface area contributed by atoms with E-state index in [2.05, 4.69) is 81.6 Å². The van der Waals surface area contributed by atoms with Gasteiger partial charge in [0.15, 0.2) is 5.96 Å². The lowest BCUT2D eigenvalue weighted by molar-refractivity contribution is 0.640. The minimum absolute atomic E-state index is 0. The summed E-state index contributed by atoms with van der Waals surface area (Å²) >= 11 is 0. The van der Waals surface area contributed by atoms with E-state index in [4.69, 9.17) is 0 Å². The number of benzene rings is 1. The zero-order valence-electron chi connectivity index (χ0n) is 16.0. The summed E-state index contributed by atoms with van der Waals surface area (Å²) in [5.41, 5.74) is 3.48. The molecule has 0 amide bonds. The van der Waals surface area contributed by atoms with Crippen molar-refractivity contribution in [1.29, 1.82) is 0 Å². The van der Waals surface area contributed by atoms with Gasteiger partial charge in [0.05, 0.1) is 12.2 Å². The third-order valence-electron chi connectivity index (χ3n) is 4.40. The van der Waals surface area contributed by atoms with Crippen LogP contribution in [0.3, 0.4) is 0 Å². The third kappa shape index (κ3) is 5.95. The lowest BCUT2D eigenvalue weighted by Crippen LogP contribution is -2.38. The van der Waals surface area contributed by atoms with Gasteiger partial charge in [-0.05, 0) is 49.4 Å². The zero-order chi connectivity index (χ0) is 18.2. The molecule has 27 heavy (non-hydrogen) atoms. The second-order valence-electron chi connectivity index (χ2n) is 6.31. The molecule has 0 aliphatic rings. The Hall–Kier alpha value is -2.09. The summed E-state index contributed by atoms with van der Waals surface area (Å²) in [5.74, 6) is 0.843. The summed E-state index contributed by atoms with van der Waals surface area (Å²) in [6.07, 6.45) is 5.01. The minimum atomic E-state index is 0. The van der Waals surface area contributed by atoms with E-state index >= 15 is 0 Å². The molecule has 0 fully saturated rings. The summed E-state index contributed by atoms with van der Waals surface area (Å²) in [6.45, 7) is 7.44. The second-order valence-corrected chi connectivity index (χ2v) is 6.31. The highest BCUT2D eigenvalue weighted by Gasteiger charge is 2.02. The van der Waals surface area contributed by atoms with E-state index < -0.39 is 0 Å². The van der Waals surface area contributed by atoms with Gasteiger partial charge in [0, 0.05) is 37.5 Å². The van der Waals surface area contributed by atoms with E-state index in [0.717, 1.165) is 37.7 Å². The van der Waals surface area contributed by atoms with Crippen molar-refractivity contribution >= 4 is 40.8 Å². The van der Waals surface area contributed by atoms with Crippen LogP contribution in [0.1, 0.15) is 24.6 Å². The van der Waals surface area contributed by atoms with E-state index in [9.17, 15) is 0 Å². The first-order valence-electron chi connectivity index (χ1n) is 9.24. The van der Waals surface area contributed by atoms with Gasteiger partial charge in [-0.25, -0.2) is 4.99 Å². The molecule has 0 spiro atoms. The fraction of sp³-hybridized carbons (Fsp3) is 0.333. The molecular formula is C21H28IN5. The third-order valence-corrected chi connectivity index (χ3v) is 4.40. The molecule has 1 aromatic carbocycles. The molecule has 0 saturated carbocycles. The van der Waals surface area contributed by atoms with Crippen LogP contribution in [0.4, 0.5) is 0 Å². The molecule has 0 aliphatic heterocycles. The van der Waals surface area contributed by atoms with Gasteiger partial charge in [-0.2, -0.15) is 0 Å². The lowest BCUT2D eigenvalue weighted by atomic mass is 10.2. The first-order valence-corrected chi connectivity index (χ1v) is 9.24. The first-order chi connectivity index (χ1) is 12.8. The topological polar surface area (TPSA) is 54.2 Å². The molecule has 0 unspecified atom stereocenters. The van der Waals surface area contributed by atoms with Gasteiger partial charge in [-0.3, -0.25) is 4.98 Å². The van der Waals surface area contributed by atoms with Gasteiger partial charge in [-0.15, -0.1) is 24.0 Å². The summed E-state index contributed by atoms with van der Waals surface area (Å²) in [5, 5.41) is 8.01. The summed E-state index contributed by atoms with van der Waals surface area (Å²) in [7, 11) is 0. The molecule has 0 radical (unpaired) electrons. The molecule has 6 heteroatoms. The highest BCUT2D eigenvalue weighted by molar-refractivity contribution is 14.0. The Balaban J connectivity index is 0.00000261. The normalized spacial score (nSPS) is 11.3. The predicted octanol–water partition coefficient (Wildman–Crippen LogP) is 4.11. The quantitative estimate of drug-likeness (QED) is 0.233. The van der Waals surface area contributed by atoms with Crippen LogP contribution in [-0.4, -0.2) is 28.6 Å². The van der Waals surface area contributed by atoms with Crippen molar-refractivity contribution in [2.75, 3.05) is 13.1 Å². The number of fused-ring (bicyclic) bond motifs is 1. The number of hydrogen-bond donors (Lipinski definition) is 2. The monoisotopic (exact) mass is 477 g/mol. The number of rotatable bonds is 7. The van der Waals surface area contributed by atoms with Crippen molar-refractivity contribution < 1.29 is 0 Å². The van der Waals surface area contributed by atoms with Crippen LogP contribution in [0.5, 0.6) is 0 Å². The molecule has 2 aromatic heterocycles. The molecule has 5 nitrogen and oxygen atoms in total. The van der Waals surface area contributed by atoms with E-state index in [1.807, 2.05) is 12.3 Å². The van der Waals surface area contributed by atoms with Gasteiger partial charge in [-0.1, -0.05) is 24.3 Å². The van der Waals surface area contributed by atoms with Crippen LogP contribution in [0.2, 0.25) is 0 Å². The zero-order valence-corrected chi connectivity index (χ0v) is 18.3. The standard InChI is InChI=1S/C21H27N5.HI/c1-3-22-21(25-16-19-17(2)8-6-12-23-19)24-13-7-14-26-15-11-18-9-4-5-10-20(18)26;/h4-6,8-12,15H,3,7,13-14,16H2,1-2H3,(H2,22,24,25);1H. The van der Waals surface area contributed by atoms with Crippen molar-refractivity contribution in [3.05, 3.63) is 66.1 Å². The Labute approximate surface area is 178 Å². The number of hydrogen-bond acceptors (Lipinski definition) is 2. The number of nitrogens with zero attached hydrogens (tertiary/aromatic N) is 3. The summed E-state index contributed by atoms with van der Waals surface area (Å²) < 4.78 is 2.30. The molecule has 3 aromatic rings. The van der Waals surface area contributed by atoms with Crippen LogP contribution >= 0.6 is 24.0 Å². The van der Waals surface area contributed by atoms with Gasteiger partial charge >= 0.3 is 0 Å². The van der Waals surface area contributed by atoms with Crippen LogP contribution in [0.25, 0.3) is 10.9 Å². The summed E-state index contributed by atoms with van der Waals surface area (Å²) in [4.78, 5) is 9.06. The SMILES string of the molecule is CCNC(=NCc1ncccc1C)NCCCn1ccc2ccccc21.I. The second kappa shape index (κ2) is 10.9. The highest BCUT2D eigenvalue weighted by atomic mass is 127. The number of aliphatic imine (C=N–C) groups is 1. The van der Waals surface area contributed by atoms with Crippen molar-refractivity contribution in [2.24, 2.45) is 4.99 Å². The van der Waals surface area contributed by atoms with Crippen molar-refractivity contribution in [2.45, 2.75) is 33.4 Å². The molecule has 0 bridgehead atoms. The number of guanidine groups is 1. The average Bonchev–Trinajstić information content (AvgIpc) is 3.07. The maximum Gasteiger partial charge on any atom is 0.191 e. The first kappa shape index (κ1) is 21.2.